The fourth-order valence-electron chi connectivity index (χ4n) is 0.913. The molecular weight excluding hydrogens is 154 g/mol. The van der Waals surface area contributed by atoms with Crippen molar-refractivity contribution in [2.45, 2.75) is 27.3 Å². The number of imidazole rings is 1. The smallest absolute Gasteiger partial charge is 0.217 e. The Bertz CT molecular complexity index is 271. The lowest BCUT2D eigenvalue weighted by Gasteiger charge is -1.96. The molecule has 1 rings (SSSR count). The first-order chi connectivity index (χ1) is 5.59. The predicted molar refractivity (Wildman–Crippen MR) is 45.6 cm³/mol. The van der Waals surface area contributed by atoms with E-state index in [1.54, 1.807) is 0 Å². The van der Waals surface area contributed by atoms with Gasteiger partial charge in [0.25, 0.3) is 0 Å². The Morgan fingerprint density at radius 1 is 1.58 bits per heavy atom. The monoisotopic (exact) mass is 167 g/mol. The van der Waals surface area contributed by atoms with Crippen molar-refractivity contribution in [3.8, 4) is 0 Å². The van der Waals surface area contributed by atoms with Crippen LogP contribution < -0.4 is 5.32 Å². The van der Waals surface area contributed by atoms with Gasteiger partial charge < -0.3 is 10.3 Å². The van der Waals surface area contributed by atoms with Crippen molar-refractivity contribution in [3.63, 3.8) is 0 Å². The molecule has 0 radical (unpaired) electrons. The van der Waals surface area contributed by atoms with Gasteiger partial charge in [-0.15, -0.1) is 0 Å². The van der Waals surface area contributed by atoms with Crippen LogP contribution in [0.1, 0.15) is 24.1 Å². The Hall–Kier alpha value is -1.32. The standard InChI is InChI=1S/C8H13N3O/c1-5-6(2)11-8(10-5)4-9-7(3)12/h4H2,1-3H3,(H,9,12)(H,10,11). The molecule has 12 heavy (non-hydrogen) atoms. The molecule has 4 nitrogen and oxygen atoms in total. The van der Waals surface area contributed by atoms with E-state index in [4.69, 9.17) is 0 Å². The molecule has 4 heteroatoms. The zero-order chi connectivity index (χ0) is 9.14. The number of aromatic amines is 1. The molecular formula is C8H13N3O. The first-order valence-electron chi connectivity index (χ1n) is 3.86. The summed E-state index contributed by atoms with van der Waals surface area (Å²) >= 11 is 0. The van der Waals surface area contributed by atoms with Crippen LogP contribution >= 0.6 is 0 Å². The fraction of sp³-hybridized carbons (Fsp3) is 0.500. The molecule has 1 aromatic heterocycles. The lowest BCUT2D eigenvalue weighted by atomic mass is 10.4. The van der Waals surface area contributed by atoms with Crippen molar-refractivity contribution >= 4 is 5.91 Å². The summed E-state index contributed by atoms with van der Waals surface area (Å²) in [4.78, 5) is 17.8. The van der Waals surface area contributed by atoms with Gasteiger partial charge in [0.1, 0.15) is 5.82 Å². The van der Waals surface area contributed by atoms with Crippen molar-refractivity contribution in [3.05, 3.63) is 17.2 Å². The molecule has 0 spiro atoms. The molecule has 0 atom stereocenters. The van der Waals surface area contributed by atoms with E-state index in [0.29, 0.717) is 6.54 Å². The molecule has 0 saturated carbocycles. The van der Waals surface area contributed by atoms with Gasteiger partial charge in [0.05, 0.1) is 12.2 Å². The highest BCUT2D eigenvalue weighted by Crippen LogP contribution is 2.01. The number of hydrogen-bond donors (Lipinski definition) is 2. The van der Waals surface area contributed by atoms with Crippen molar-refractivity contribution in [1.82, 2.24) is 15.3 Å². The molecule has 0 aliphatic heterocycles. The van der Waals surface area contributed by atoms with Crippen LogP contribution in [0.2, 0.25) is 0 Å². The van der Waals surface area contributed by atoms with Crippen LogP contribution in [0.15, 0.2) is 0 Å². The predicted octanol–water partition coefficient (Wildman–Crippen LogP) is 0.663. The molecule has 0 unspecified atom stereocenters. The number of aromatic nitrogens is 2. The molecule has 0 aliphatic carbocycles. The summed E-state index contributed by atoms with van der Waals surface area (Å²) in [7, 11) is 0. The summed E-state index contributed by atoms with van der Waals surface area (Å²) in [5, 5.41) is 2.67. The van der Waals surface area contributed by atoms with Crippen LogP contribution in [-0.4, -0.2) is 15.9 Å². The van der Waals surface area contributed by atoms with Crippen LogP contribution in [0.4, 0.5) is 0 Å². The number of hydrogen-bond acceptors (Lipinski definition) is 2. The summed E-state index contributed by atoms with van der Waals surface area (Å²) < 4.78 is 0. The second-order valence-electron chi connectivity index (χ2n) is 2.80. The van der Waals surface area contributed by atoms with Gasteiger partial charge >= 0.3 is 0 Å². The minimum atomic E-state index is -0.0401. The molecule has 66 valence electrons. The van der Waals surface area contributed by atoms with Gasteiger partial charge in [-0.3, -0.25) is 4.79 Å². The second kappa shape index (κ2) is 3.38. The average Bonchev–Trinajstić information content (AvgIpc) is 2.28. The first-order valence-corrected chi connectivity index (χ1v) is 3.86. The molecule has 0 fully saturated rings. The van der Waals surface area contributed by atoms with Crippen molar-refractivity contribution < 1.29 is 4.79 Å². The van der Waals surface area contributed by atoms with Crippen molar-refractivity contribution in [2.75, 3.05) is 0 Å². The SMILES string of the molecule is CC(=O)NCc1nc(C)c(C)[nH]1. The maximum atomic E-state index is 10.6. The van der Waals surface area contributed by atoms with Crippen LogP contribution in [0.3, 0.4) is 0 Å². The van der Waals surface area contributed by atoms with E-state index >= 15 is 0 Å². The highest BCUT2D eigenvalue weighted by atomic mass is 16.1. The maximum Gasteiger partial charge on any atom is 0.217 e. The Labute approximate surface area is 71.4 Å². The van der Waals surface area contributed by atoms with Gasteiger partial charge in [-0.1, -0.05) is 0 Å². The highest BCUT2D eigenvalue weighted by Gasteiger charge is 2.01. The fourth-order valence-corrected chi connectivity index (χ4v) is 0.913. The molecule has 1 aromatic rings. The summed E-state index contributed by atoms with van der Waals surface area (Å²) in [6, 6.07) is 0. The zero-order valence-corrected chi connectivity index (χ0v) is 7.56. The van der Waals surface area contributed by atoms with Crippen molar-refractivity contribution in [2.24, 2.45) is 0 Å². The Kier molecular flexibility index (Phi) is 2.47. The number of H-pyrrole nitrogens is 1. The van der Waals surface area contributed by atoms with E-state index in [1.165, 1.54) is 6.92 Å². The van der Waals surface area contributed by atoms with Crippen LogP contribution in [0, 0.1) is 13.8 Å². The van der Waals surface area contributed by atoms with Crippen LogP contribution in [0.25, 0.3) is 0 Å². The van der Waals surface area contributed by atoms with Crippen LogP contribution in [0.5, 0.6) is 0 Å². The average molecular weight is 167 g/mol. The lowest BCUT2D eigenvalue weighted by molar-refractivity contribution is -0.119. The van der Waals surface area contributed by atoms with Crippen LogP contribution in [-0.2, 0) is 11.3 Å². The van der Waals surface area contributed by atoms with E-state index in [-0.39, 0.29) is 5.91 Å². The lowest BCUT2D eigenvalue weighted by Crippen LogP contribution is -2.19. The quantitative estimate of drug-likeness (QED) is 0.680. The van der Waals surface area contributed by atoms with Gasteiger partial charge in [-0.05, 0) is 13.8 Å². The topological polar surface area (TPSA) is 57.8 Å². The van der Waals surface area contributed by atoms with Gasteiger partial charge in [0.15, 0.2) is 0 Å². The zero-order valence-electron chi connectivity index (χ0n) is 7.56. The van der Waals surface area contributed by atoms with E-state index < -0.39 is 0 Å². The molecule has 1 amide bonds. The number of nitrogens with zero attached hydrogens (tertiary/aromatic N) is 1. The number of rotatable bonds is 2. The number of aryl methyl sites for hydroxylation is 2. The molecule has 0 bridgehead atoms. The van der Waals surface area contributed by atoms with E-state index in [9.17, 15) is 4.79 Å². The molecule has 1 heterocycles. The van der Waals surface area contributed by atoms with Gasteiger partial charge in [-0.25, -0.2) is 4.98 Å². The van der Waals surface area contributed by atoms with E-state index in [0.717, 1.165) is 17.2 Å². The molecule has 2 N–H and O–H groups in total. The van der Waals surface area contributed by atoms with E-state index in [1.807, 2.05) is 13.8 Å². The largest absolute Gasteiger partial charge is 0.349 e. The summed E-state index contributed by atoms with van der Waals surface area (Å²) in [6.07, 6.45) is 0. The summed E-state index contributed by atoms with van der Waals surface area (Å²) in [5.74, 6) is 0.766. The summed E-state index contributed by atoms with van der Waals surface area (Å²) in [6.45, 7) is 5.86. The Morgan fingerprint density at radius 3 is 2.67 bits per heavy atom. The highest BCUT2D eigenvalue weighted by molar-refractivity contribution is 5.72. The van der Waals surface area contributed by atoms with Crippen molar-refractivity contribution in [1.29, 1.82) is 0 Å². The van der Waals surface area contributed by atoms with Gasteiger partial charge in [0, 0.05) is 12.6 Å². The number of carbonyl (C=O) groups excluding carboxylic acids is 1. The second-order valence-corrected chi connectivity index (χ2v) is 2.80. The Morgan fingerprint density at radius 2 is 2.25 bits per heavy atom. The van der Waals surface area contributed by atoms with Gasteiger partial charge in [-0.2, -0.15) is 0 Å². The normalized spacial score (nSPS) is 9.92. The van der Waals surface area contributed by atoms with Gasteiger partial charge in [0.2, 0.25) is 5.91 Å². The number of nitrogens with one attached hydrogen (secondary N) is 2. The third kappa shape index (κ3) is 2.08. The number of carbonyl (C=O) groups is 1. The molecule has 0 aliphatic rings. The third-order valence-electron chi connectivity index (χ3n) is 1.68. The minimum Gasteiger partial charge on any atom is -0.349 e. The maximum absolute atomic E-state index is 10.6. The van der Waals surface area contributed by atoms with E-state index in [2.05, 4.69) is 15.3 Å². The minimum absolute atomic E-state index is 0.0401. The number of amides is 1. The summed E-state index contributed by atoms with van der Waals surface area (Å²) in [5.41, 5.74) is 2.03. The Balaban J connectivity index is 2.58. The molecule has 0 aromatic carbocycles. The molecule has 0 saturated heterocycles. The third-order valence-corrected chi connectivity index (χ3v) is 1.68. The first kappa shape index (κ1) is 8.77.